The number of hydrogen-bond acceptors (Lipinski definition) is 12. The van der Waals surface area contributed by atoms with E-state index in [9.17, 15) is 26.3 Å². The zero-order valence-electron chi connectivity index (χ0n) is 79.2. The van der Waals surface area contributed by atoms with Crippen LogP contribution < -0.4 is 19.6 Å². The number of hydrogen-bond donors (Lipinski definition) is 0. The average Bonchev–Trinajstić information content (AvgIpc) is 0.780. The Morgan fingerprint density at radius 1 is 0.333 bits per heavy atom. The van der Waals surface area contributed by atoms with E-state index in [-0.39, 0.29) is 123 Å². The van der Waals surface area contributed by atoms with E-state index in [1.54, 1.807) is 102 Å². The van der Waals surface area contributed by atoms with Crippen LogP contribution in [0.3, 0.4) is 0 Å². The summed E-state index contributed by atoms with van der Waals surface area (Å²) in [7, 11) is 15.0. The maximum absolute atomic E-state index is 13.8. The third kappa shape index (κ3) is 32.2. The molecule has 0 saturated carbocycles. The van der Waals surface area contributed by atoms with E-state index in [0.29, 0.717) is 56.1 Å². The summed E-state index contributed by atoms with van der Waals surface area (Å²) >= 11 is 0. The fourth-order valence-electron chi connectivity index (χ4n) is 14.8. The molecule has 4 aromatic heterocycles. The molecule has 141 heavy (non-hydrogen) atoms. The van der Waals surface area contributed by atoms with Crippen molar-refractivity contribution in [1.82, 2.24) is 19.9 Å². The molecule has 0 fully saturated rings. The summed E-state index contributed by atoms with van der Waals surface area (Å²) in [4.78, 5) is 46.0. The maximum atomic E-state index is 13.8. The molecule has 0 spiro atoms. The van der Waals surface area contributed by atoms with Gasteiger partial charge in [-0.15, -0.1) is 119 Å². The van der Waals surface area contributed by atoms with Crippen LogP contribution >= 0.6 is 0 Å². The molecule has 0 saturated heterocycles. The van der Waals surface area contributed by atoms with E-state index in [2.05, 4.69) is 200 Å². The monoisotopic (exact) mass is 2950 g/mol. The second-order valence-corrected chi connectivity index (χ2v) is 31.3. The number of aromatic nitrogens is 4. The number of nitrogens with zero attached hydrogens (tertiary/aromatic N) is 13. The molecule has 13 nitrogen and oxygen atoms in total. The maximum Gasteiger partial charge on any atom is 2.00 e. The van der Waals surface area contributed by atoms with Gasteiger partial charge in [-0.2, -0.15) is 0 Å². The van der Waals surface area contributed by atoms with E-state index in [1.807, 2.05) is 205 Å². The van der Waals surface area contributed by atoms with Crippen molar-refractivity contribution in [3.8, 4) is 56.2 Å². The quantitative estimate of drug-likeness (QED) is 0.0446. The largest absolute Gasteiger partial charge is 2.00 e. The Kier molecular flexibility index (Phi) is 48.6. The molecule has 13 aromatic carbocycles. The molecular formula is C116H99F6Ir4N13Pt2. The molecule has 0 amide bonds. The molecule has 0 aliphatic rings. The Bertz CT molecular complexity index is 6810. The van der Waals surface area contributed by atoms with Gasteiger partial charge in [0.05, 0.1) is 41.2 Å². The molecule has 0 bridgehead atoms. The van der Waals surface area contributed by atoms with Crippen molar-refractivity contribution in [3.63, 3.8) is 0 Å². The molecule has 0 aliphatic heterocycles. The number of aliphatic imine (C=N–C) groups is 4. The molecule has 4 radical (unpaired) electrons. The first-order valence-electron chi connectivity index (χ1n) is 43.2. The fraction of sp³-hybridized carbons (Fsp3) is 0.112. The topological polar surface area (TPSA) is 118 Å². The summed E-state index contributed by atoms with van der Waals surface area (Å²) < 4.78 is 79.8. The van der Waals surface area contributed by atoms with Crippen molar-refractivity contribution in [3.05, 3.63) is 484 Å². The second kappa shape index (κ2) is 58.6. The summed E-state index contributed by atoms with van der Waals surface area (Å²) in [6, 6.07) is 117. The van der Waals surface area contributed by atoms with E-state index in [0.717, 1.165) is 136 Å². The number of rotatable bonds is 19. The minimum absolute atomic E-state index is 0. The Balaban J connectivity index is 0.000000270. The average molecular weight is 2950 g/mol. The first kappa shape index (κ1) is 117. The van der Waals surface area contributed by atoms with Crippen molar-refractivity contribution >= 4 is 75.0 Å². The zero-order chi connectivity index (χ0) is 95.9. The standard InChI is InChI=1S/C40H31N3.C22H19N3.C15H15N3.C14H14F2N2.C13H11F2N.C12H9F2N.4Ir.2Pt/c1-41-39(32-16-8-4-9-17-32)34-20-12-22-37(28-34)43(36-26-24-31(25-27-36)30-14-6-3-7-15-30)38-23-13-21-35(29-38)40(42-2)33-18-10-5-11-19-33;1-23-16-18-8-6-12-21(14-18)25(20-10-4-3-5-11-20)22-13-7-9-19(15-22)17-24-2;1-11-5-6-12(16-2)9-14(11)15-10-13(18(3)4)7-8-17-15;1-9-6-10(15)7-12(16)14(9)13-5-4-11(8-17-13)18(2)3;1-8-4-3-5-16-13(8)12-9(2)6-10(14)7-11(12)15;1-8-6-9(13)7-10(14)12(8)11-4-2-3-5-15-11;;;;;;/h3-27H,1-2H3;3-13,16-17H,1-2H3;5-10H,1,3-4H3;4-8H,1-3H3;3-7H,1-2H3;2-7H,1H3;;;;;;/q2*-2;;;;;;;;;2*+2. The number of para-hydroxylation sites is 1. The smallest absolute Gasteiger partial charge is 0.378 e. The van der Waals surface area contributed by atoms with Crippen molar-refractivity contribution in [2.45, 2.75) is 34.6 Å². The van der Waals surface area contributed by atoms with Gasteiger partial charge in [-0.3, -0.25) is 19.9 Å². The van der Waals surface area contributed by atoms with Crippen LogP contribution in [0.15, 0.2) is 372 Å². The molecule has 25 heteroatoms. The predicted molar refractivity (Wildman–Crippen MR) is 543 cm³/mol. The Morgan fingerprint density at radius 2 is 0.745 bits per heavy atom. The molecule has 4 heterocycles. The summed E-state index contributed by atoms with van der Waals surface area (Å²) in [5, 5.41) is 0. The molecule has 0 aliphatic carbocycles. The van der Waals surface area contributed by atoms with Gasteiger partial charge in [-0.05, 0) is 215 Å². The van der Waals surface area contributed by atoms with Crippen LogP contribution in [-0.4, -0.2) is 100 Å². The van der Waals surface area contributed by atoms with Crippen molar-refractivity contribution in [2.75, 3.05) is 76.0 Å². The first-order valence-corrected chi connectivity index (χ1v) is 43.2. The van der Waals surface area contributed by atoms with Gasteiger partial charge in [0.2, 0.25) is 0 Å². The molecule has 0 unspecified atom stereocenters. The van der Waals surface area contributed by atoms with Gasteiger partial charge in [0, 0.05) is 207 Å². The van der Waals surface area contributed by atoms with Gasteiger partial charge >= 0.3 is 42.1 Å². The number of benzene rings is 13. The van der Waals surface area contributed by atoms with Gasteiger partial charge in [0.25, 0.3) is 0 Å². The fourth-order valence-corrected chi connectivity index (χ4v) is 14.8. The van der Waals surface area contributed by atoms with E-state index < -0.39 is 34.9 Å². The minimum Gasteiger partial charge on any atom is -0.378 e. The van der Waals surface area contributed by atoms with Crippen LogP contribution in [0.4, 0.5) is 77.5 Å². The Hall–Kier alpha value is -12.6. The van der Waals surface area contributed by atoms with Gasteiger partial charge in [0.1, 0.15) is 34.9 Å². The second-order valence-electron chi connectivity index (χ2n) is 31.3. The number of pyridine rings is 4. The zero-order valence-corrected chi connectivity index (χ0v) is 93.3. The summed E-state index contributed by atoms with van der Waals surface area (Å²) in [6.07, 6.45) is 10.3. The number of aryl methyl sites for hydroxylation is 5. The van der Waals surface area contributed by atoms with Gasteiger partial charge in [0.15, 0.2) is 5.69 Å². The predicted octanol–water partition coefficient (Wildman–Crippen LogP) is 28.3. The van der Waals surface area contributed by atoms with Crippen molar-refractivity contribution in [2.24, 2.45) is 20.0 Å². The molecule has 17 aromatic rings. The number of halogens is 6. The van der Waals surface area contributed by atoms with Gasteiger partial charge in [-0.1, -0.05) is 158 Å². The third-order valence-corrected chi connectivity index (χ3v) is 21.3. The number of anilines is 8. The van der Waals surface area contributed by atoms with Crippen LogP contribution in [0.2, 0.25) is 0 Å². The Labute approximate surface area is 906 Å². The van der Waals surface area contributed by atoms with Crippen LogP contribution in [-0.2, 0) is 123 Å². The molecular weight excluding hydrogens is 2850 g/mol. The molecule has 17 rings (SSSR count). The van der Waals surface area contributed by atoms with E-state index in [1.165, 1.54) is 23.8 Å². The van der Waals surface area contributed by atoms with Crippen LogP contribution in [0, 0.1) is 100 Å². The molecule has 0 N–H and O–H groups in total. The third-order valence-electron chi connectivity index (χ3n) is 21.3. The minimum atomic E-state index is -0.586. The first-order chi connectivity index (χ1) is 65.4. The van der Waals surface area contributed by atoms with Crippen molar-refractivity contribution in [1.29, 1.82) is 0 Å². The Morgan fingerprint density at radius 3 is 1.17 bits per heavy atom. The van der Waals surface area contributed by atoms with Gasteiger partial charge in [-0.25, -0.2) is 31.2 Å². The summed E-state index contributed by atoms with van der Waals surface area (Å²) in [5.74, 6) is -3.43. The molecule has 726 valence electrons. The van der Waals surface area contributed by atoms with Gasteiger partial charge < -0.3 is 39.6 Å². The van der Waals surface area contributed by atoms with E-state index >= 15 is 0 Å². The van der Waals surface area contributed by atoms with E-state index in [4.69, 9.17) is 6.57 Å². The summed E-state index contributed by atoms with van der Waals surface area (Å²) in [6.45, 7) is 16.0. The normalized spacial score (nSPS) is 10.5. The summed E-state index contributed by atoms with van der Waals surface area (Å²) in [5.41, 5.74) is 26.6. The van der Waals surface area contributed by atoms with Crippen LogP contribution in [0.1, 0.15) is 61.2 Å². The van der Waals surface area contributed by atoms with Crippen molar-refractivity contribution < 1.29 is 149 Å². The molecule has 0 atom stereocenters. The SMILES string of the molecule is CN=C(c1[c-]c(N(c2[c-]c(C(=NC)c3ccccc3)ccc2)c2ccc(-c3ccccc3)cc2)ccc1)c1ccccc1.CN=Cc1[c-]c(N(c2[c-]c(C=NC)ccc2)c2ccccc2)ccc1.Cc1cc(F)cc(F)c1-c1ccc(N(C)C)cn1.Cc1cc(F)cc(F)c1-c1ccccn1.Cc1cccnc1-c1c(C)cc(F)cc1F.[C-]#[N+]c1ccc(C)c(-c2cc(N(C)C)ccn2)c1.[Ir].[Ir].[Ir].[Ir].[Pt+2].[Pt+2]. The van der Waals surface area contributed by atoms with Crippen LogP contribution in [0.25, 0.3) is 61.0 Å². The van der Waals surface area contributed by atoms with Crippen LogP contribution in [0.5, 0.6) is 0 Å².